The molecule has 0 aromatic carbocycles. The Morgan fingerprint density at radius 3 is 2.63 bits per heavy atom. The second-order valence-corrected chi connectivity index (χ2v) is 5.46. The first-order valence-electron chi connectivity index (χ1n) is 6.85. The van der Waals surface area contributed by atoms with Crippen LogP contribution in [0.15, 0.2) is 18.3 Å². The number of nitrogens with zero attached hydrogens (tertiary/aromatic N) is 2. The van der Waals surface area contributed by atoms with Crippen LogP contribution in [0.4, 0.5) is 4.79 Å². The number of urea groups is 1. The van der Waals surface area contributed by atoms with Crippen LogP contribution in [0.5, 0.6) is 0 Å². The zero-order valence-electron chi connectivity index (χ0n) is 11.1. The number of Topliss-reactive ketones (excluding diaryl/α,β-unsaturated/α-hetero) is 1. The average molecular weight is 261 g/mol. The van der Waals surface area contributed by atoms with Gasteiger partial charge in [0.2, 0.25) is 0 Å². The topological polar surface area (TPSA) is 56.4 Å². The second-order valence-electron chi connectivity index (χ2n) is 5.46. The number of aromatic nitrogens is 1. The van der Waals surface area contributed by atoms with Crippen molar-refractivity contribution in [1.82, 2.24) is 14.8 Å². The van der Waals surface area contributed by atoms with Crippen LogP contribution in [-0.2, 0) is 4.79 Å². The number of carbonyl (C=O) groups is 2. The van der Waals surface area contributed by atoms with Gasteiger partial charge in [-0.05, 0) is 25.0 Å². The number of nitrogens with one attached hydrogen (secondary N) is 1. The summed E-state index contributed by atoms with van der Waals surface area (Å²) >= 11 is 0. The van der Waals surface area contributed by atoms with Gasteiger partial charge in [-0.2, -0.15) is 0 Å². The van der Waals surface area contributed by atoms with E-state index in [2.05, 4.69) is 4.98 Å². The molecule has 5 nitrogen and oxygen atoms in total. The van der Waals surface area contributed by atoms with Gasteiger partial charge in [0.15, 0.2) is 0 Å². The van der Waals surface area contributed by atoms with Gasteiger partial charge in [0.1, 0.15) is 5.78 Å². The van der Waals surface area contributed by atoms with E-state index in [-0.39, 0.29) is 18.1 Å². The van der Waals surface area contributed by atoms with Gasteiger partial charge in [-0.1, -0.05) is 0 Å². The predicted octanol–water partition coefficient (Wildman–Crippen LogP) is 1.93. The number of hydrogen-bond acceptors (Lipinski definition) is 2. The monoisotopic (exact) mass is 261 g/mol. The fraction of sp³-hybridized carbons (Fsp3) is 0.571. The van der Waals surface area contributed by atoms with Crippen molar-refractivity contribution in [1.29, 1.82) is 0 Å². The van der Waals surface area contributed by atoms with E-state index in [0.717, 1.165) is 18.5 Å². The number of hydrogen-bond donors (Lipinski definition) is 1. The van der Waals surface area contributed by atoms with Crippen LogP contribution in [0, 0.1) is 0 Å². The highest BCUT2D eigenvalue weighted by atomic mass is 16.2. The molecule has 1 saturated heterocycles. The number of H-pyrrole nitrogens is 1. The van der Waals surface area contributed by atoms with Crippen LogP contribution < -0.4 is 0 Å². The second kappa shape index (κ2) is 4.72. The molecule has 2 heterocycles. The third kappa shape index (κ3) is 2.13. The van der Waals surface area contributed by atoms with E-state index in [0.29, 0.717) is 25.2 Å². The lowest BCUT2D eigenvalue weighted by Gasteiger charge is -2.29. The molecule has 2 amide bonds. The Bertz CT molecular complexity index is 473. The lowest BCUT2D eigenvalue weighted by Crippen LogP contribution is -2.40. The quantitative estimate of drug-likeness (QED) is 0.884. The first kappa shape index (κ1) is 12.3. The number of amides is 2. The molecule has 3 rings (SSSR count). The molecule has 1 aromatic rings. The molecule has 1 aliphatic carbocycles. The third-order valence-corrected chi connectivity index (χ3v) is 4.32. The lowest BCUT2D eigenvalue weighted by atomic mass is 9.93. The lowest BCUT2D eigenvalue weighted by molar-refractivity contribution is -0.121. The molecule has 2 aliphatic rings. The van der Waals surface area contributed by atoms with Gasteiger partial charge in [0, 0.05) is 44.4 Å². The van der Waals surface area contributed by atoms with E-state index in [4.69, 9.17) is 0 Å². The zero-order chi connectivity index (χ0) is 13.4. The first-order valence-corrected chi connectivity index (χ1v) is 6.85. The summed E-state index contributed by atoms with van der Waals surface area (Å²) in [5.41, 5.74) is 1.07. The Morgan fingerprint density at radius 1 is 1.26 bits per heavy atom. The molecule has 1 unspecified atom stereocenters. The molecule has 0 spiro atoms. The Balaban J connectivity index is 1.74. The largest absolute Gasteiger partial charge is 0.363 e. The number of aromatic amines is 1. The molecule has 2 fully saturated rings. The van der Waals surface area contributed by atoms with E-state index in [1.165, 1.54) is 0 Å². The van der Waals surface area contributed by atoms with Crippen molar-refractivity contribution in [2.24, 2.45) is 0 Å². The van der Waals surface area contributed by atoms with Crippen molar-refractivity contribution in [3.05, 3.63) is 24.0 Å². The maximum atomic E-state index is 12.3. The molecule has 102 valence electrons. The average Bonchev–Trinajstić information content (AvgIpc) is 3.02. The van der Waals surface area contributed by atoms with Crippen molar-refractivity contribution in [2.75, 3.05) is 13.6 Å². The van der Waals surface area contributed by atoms with Gasteiger partial charge in [0.05, 0.1) is 6.04 Å². The summed E-state index contributed by atoms with van der Waals surface area (Å²) in [6.45, 7) is 0.717. The van der Waals surface area contributed by atoms with E-state index < -0.39 is 0 Å². The Labute approximate surface area is 112 Å². The van der Waals surface area contributed by atoms with Gasteiger partial charge in [-0.15, -0.1) is 0 Å². The molecule has 5 heteroatoms. The maximum absolute atomic E-state index is 12.3. The van der Waals surface area contributed by atoms with Crippen LogP contribution in [-0.4, -0.2) is 46.2 Å². The third-order valence-electron chi connectivity index (χ3n) is 4.32. The molecule has 19 heavy (non-hydrogen) atoms. The summed E-state index contributed by atoms with van der Waals surface area (Å²) in [7, 11) is 1.85. The van der Waals surface area contributed by atoms with Gasteiger partial charge in [-0.25, -0.2) is 4.79 Å². The first-order chi connectivity index (χ1) is 9.16. The molecular formula is C14H19N3O2. The van der Waals surface area contributed by atoms with Crippen molar-refractivity contribution in [2.45, 2.75) is 37.8 Å². The molecule has 1 saturated carbocycles. The van der Waals surface area contributed by atoms with Crippen LogP contribution in [0.1, 0.15) is 37.4 Å². The Kier molecular flexibility index (Phi) is 3.05. The maximum Gasteiger partial charge on any atom is 0.320 e. The van der Waals surface area contributed by atoms with Crippen LogP contribution in [0.25, 0.3) is 0 Å². The van der Waals surface area contributed by atoms with Gasteiger partial charge in [-0.3, -0.25) is 4.79 Å². The number of carbonyl (C=O) groups excluding carboxylic acids is 2. The number of ketones is 1. The Morgan fingerprint density at radius 2 is 2.00 bits per heavy atom. The highest BCUT2D eigenvalue weighted by molar-refractivity contribution is 5.81. The summed E-state index contributed by atoms with van der Waals surface area (Å²) in [5, 5.41) is 0. The molecule has 1 atom stereocenters. The standard InChI is InChI=1S/C14H19N3O2/c1-16-13(12-3-2-8-15-12)9-17(14(16)19)10-4-6-11(18)7-5-10/h2-3,8,10,13,15H,4-7,9H2,1H3. The van der Waals surface area contributed by atoms with Gasteiger partial charge >= 0.3 is 6.03 Å². The van der Waals surface area contributed by atoms with Crippen molar-refractivity contribution < 1.29 is 9.59 Å². The summed E-state index contributed by atoms with van der Waals surface area (Å²) in [6, 6.07) is 4.38. The van der Waals surface area contributed by atoms with Crippen LogP contribution in [0.2, 0.25) is 0 Å². The smallest absolute Gasteiger partial charge is 0.320 e. The molecule has 0 radical (unpaired) electrons. The van der Waals surface area contributed by atoms with E-state index in [1.54, 1.807) is 4.90 Å². The molecule has 1 aliphatic heterocycles. The van der Waals surface area contributed by atoms with Crippen molar-refractivity contribution in [3.8, 4) is 0 Å². The molecule has 1 aromatic heterocycles. The molecule has 0 bridgehead atoms. The summed E-state index contributed by atoms with van der Waals surface area (Å²) in [4.78, 5) is 30.6. The number of likely N-dealkylation sites (N-methyl/N-ethyl adjacent to an activating group) is 1. The van der Waals surface area contributed by atoms with Crippen LogP contribution >= 0.6 is 0 Å². The fourth-order valence-electron chi connectivity index (χ4n) is 3.12. The summed E-state index contributed by atoms with van der Waals surface area (Å²) in [5.74, 6) is 0.331. The molecular weight excluding hydrogens is 242 g/mol. The minimum atomic E-state index is 0.0824. The van der Waals surface area contributed by atoms with Crippen molar-refractivity contribution in [3.63, 3.8) is 0 Å². The minimum absolute atomic E-state index is 0.0824. The van der Waals surface area contributed by atoms with Gasteiger partial charge < -0.3 is 14.8 Å². The zero-order valence-corrected chi connectivity index (χ0v) is 11.1. The van der Waals surface area contributed by atoms with Crippen LogP contribution in [0.3, 0.4) is 0 Å². The van der Waals surface area contributed by atoms with E-state index >= 15 is 0 Å². The van der Waals surface area contributed by atoms with E-state index in [9.17, 15) is 9.59 Å². The highest BCUT2D eigenvalue weighted by Gasteiger charge is 2.40. The highest BCUT2D eigenvalue weighted by Crippen LogP contribution is 2.32. The molecule has 1 N–H and O–H groups in total. The summed E-state index contributed by atoms with van der Waals surface area (Å²) < 4.78 is 0. The minimum Gasteiger partial charge on any atom is -0.363 e. The SMILES string of the molecule is CN1C(=O)N(C2CCC(=O)CC2)CC1c1ccc[nH]1. The van der Waals surface area contributed by atoms with E-state index in [1.807, 2.05) is 30.3 Å². The van der Waals surface area contributed by atoms with Gasteiger partial charge in [0.25, 0.3) is 0 Å². The predicted molar refractivity (Wildman–Crippen MR) is 70.7 cm³/mol. The fourth-order valence-corrected chi connectivity index (χ4v) is 3.12. The Hall–Kier alpha value is -1.78. The summed E-state index contributed by atoms with van der Waals surface area (Å²) in [6.07, 6.45) is 4.75. The van der Waals surface area contributed by atoms with Crippen molar-refractivity contribution >= 4 is 11.8 Å². The normalized spacial score (nSPS) is 25.4. The number of rotatable bonds is 2.